The first-order valence-electron chi connectivity index (χ1n) is 5.09. The number of aryl methyl sites for hydroxylation is 1. The normalized spacial score (nSPS) is 15.7. The number of hydrogen-bond acceptors (Lipinski definition) is 1. The predicted octanol–water partition coefficient (Wildman–Crippen LogP) is 3.45. The van der Waals surface area contributed by atoms with E-state index < -0.39 is 0 Å². The second kappa shape index (κ2) is 3.20. The van der Waals surface area contributed by atoms with Crippen LogP contribution in [0, 0.1) is 0 Å². The fourth-order valence-corrected chi connectivity index (χ4v) is 2.64. The quantitative estimate of drug-likeness (QED) is 0.776. The minimum Gasteiger partial charge on any atom is -0.358 e. The summed E-state index contributed by atoms with van der Waals surface area (Å²) >= 11 is 3.44. The van der Waals surface area contributed by atoms with Gasteiger partial charge in [0, 0.05) is 33.1 Å². The van der Waals surface area contributed by atoms with E-state index in [1.54, 1.807) is 0 Å². The molecular formula is C12H10BrNO. The Morgan fingerprint density at radius 2 is 2.13 bits per heavy atom. The maximum atomic E-state index is 11.8. The smallest absolute Gasteiger partial charge is 0.165 e. The van der Waals surface area contributed by atoms with E-state index in [1.807, 2.05) is 18.2 Å². The highest BCUT2D eigenvalue weighted by Crippen LogP contribution is 2.30. The van der Waals surface area contributed by atoms with Crippen molar-refractivity contribution in [2.75, 3.05) is 0 Å². The Labute approximate surface area is 95.8 Å². The van der Waals surface area contributed by atoms with Gasteiger partial charge in [-0.3, -0.25) is 4.79 Å². The van der Waals surface area contributed by atoms with Crippen molar-refractivity contribution in [1.29, 1.82) is 0 Å². The molecule has 0 radical (unpaired) electrons. The highest BCUT2D eigenvalue weighted by Gasteiger charge is 2.21. The molecule has 1 aliphatic carbocycles. The van der Waals surface area contributed by atoms with Crippen LogP contribution in [0.3, 0.4) is 0 Å². The van der Waals surface area contributed by atoms with Crippen molar-refractivity contribution in [2.24, 2.45) is 0 Å². The fourth-order valence-electron chi connectivity index (χ4n) is 2.28. The molecule has 0 fully saturated rings. The molecule has 1 aliphatic rings. The van der Waals surface area contributed by atoms with Crippen molar-refractivity contribution in [2.45, 2.75) is 19.3 Å². The third-order valence-corrected chi connectivity index (χ3v) is 3.44. The fraction of sp³-hybridized carbons (Fsp3) is 0.250. The SMILES string of the molecule is O=C1CCCc2[nH]c3ccc(Br)cc3c21. The Morgan fingerprint density at radius 3 is 3.00 bits per heavy atom. The zero-order chi connectivity index (χ0) is 10.4. The molecule has 76 valence electrons. The summed E-state index contributed by atoms with van der Waals surface area (Å²) < 4.78 is 1.02. The number of Topliss-reactive ketones (excluding diaryl/α,β-unsaturated/α-hetero) is 1. The minimum atomic E-state index is 0.278. The summed E-state index contributed by atoms with van der Waals surface area (Å²) in [5, 5.41) is 1.06. The first kappa shape index (κ1) is 9.16. The highest BCUT2D eigenvalue weighted by atomic mass is 79.9. The maximum Gasteiger partial charge on any atom is 0.165 e. The third-order valence-electron chi connectivity index (χ3n) is 2.95. The molecule has 0 unspecified atom stereocenters. The largest absolute Gasteiger partial charge is 0.358 e. The summed E-state index contributed by atoms with van der Waals surface area (Å²) in [5.74, 6) is 0.278. The highest BCUT2D eigenvalue weighted by molar-refractivity contribution is 9.10. The van der Waals surface area contributed by atoms with Crippen molar-refractivity contribution in [3.05, 3.63) is 33.9 Å². The van der Waals surface area contributed by atoms with Gasteiger partial charge in [-0.05, 0) is 31.0 Å². The number of halogens is 1. The van der Waals surface area contributed by atoms with E-state index in [-0.39, 0.29) is 5.78 Å². The van der Waals surface area contributed by atoms with Crippen molar-refractivity contribution >= 4 is 32.6 Å². The summed E-state index contributed by atoms with van der Waals surface area (Å²) in [6, 6.07) is 6.04. The number of hydrogen-bond donors (Lipinski definition) is 1. The zero-order valence-electron chi connectivity index (χ0n) is 8.14. The number of aromatic nitrogens is 1. The van der Waals surface area contributed by atoms with Crippen LogP contribution in [-0.4, -0.2) is 10.8 Å². The lowest BCUT2D eigenvalue weighted by Crippen LogP contribution is -2.08. The number of benzene rings is 1. The van der Waals surface area contributed by atoms with Crippen LogP contribution in [0.15, 0.2) is 22.7 Å². The zero-order valence-corrected chi connectivity index (χ0v) is 9.73. The second-order valence-electron chi connectivity index (χ2n) is 3.95. The van der Waals surface area contributed by atoms with Crippen LogP contribution in [0.2, 0.25) is 0 Å². The molecule has 15 heavy (non-hydrogen) atoms. The van der Waals surface area contributed by atoms with Crippen LogP contribution in [0.25, 0.3) is 10.9 Å². The van der Waals surface area contributed by atoms with Gasteiger partial charge in [0.15, 0.2) is 5.78 Å². The van der Waals surface area contributed by atoms with Gasteiger partial charge < -0.3 is 4.98 Å². The average molecular weight is 264 g/mol. The lowest BCUT2D eigenvalue weighted by Gasteiger charge is -2.09. The van der Waals surface area contributed by atoms with Crippen LogP contribution < -0.4 is 0 Å². The molecule has 1 heterocycles. The van der Waals surface area contributed by atoms with Crippen LogP contribution >= 0.6 is 15.9 Å². The minimum absolute atomic E-state index is 0.278. The molecule has 1 aromatic carbocycles. The molecular weight excluding hydrogens is 254 g/mol. The van der Waals surface area contributed by atoms with E-state index in [2.05, 4.69) is 20.9 Å². The van der Waals surface area contributed by atoms with Gasteiger partial charge in [-0.1, -0.05) is 15.9 Å². The number of fused-ring (bicyclic) bond motifs is 3. The standard InChI is InChI=1S/C12H10BrNO/c13-7-4-5-9-8(6-7)12-10(14-9)2-1-3-11(12)15/h4-6,14H,1-3H2. The molecule has 1 aromatic heterocycles. The second-order valence-corrected chi connectivity index (χ2v) is 4.86. The molecule has 0 spiro atoms. The van der Waals surface area contributed by atoms with Crippen molar-refractivity contribution in [3.8, 4) is 0 Å². The first-order valence-corrected chi connectivity index (χ1v) is 5.88. The van der Waals surface area contributed by atoms with Crippen LogP contribution in [0.4, 0.5) is 0 Å². The van der Waals surface area contributed by atoms with Gasteiger partial charge in [0.1, 0.15) is 0 Å². The number of carbonyl (C=O) groups excluding carboxylic acids is 1. The summed E-state index contributed by atoms with van der Waals surface area (Å²) in [6.45, 7) is 0. The van der Waals surface area contributed by atoms with E-state index in [4.69, 9.17) is 0 Å². The Kier molecular flexibility index (Phi) is 1.96. The van der Waals surface area contributed by atoms with Gasteiger partial charge in [0.25, 0.3) is 0 Å². The van der Waals surface area contributed by atoms with Gasteiger partial charge in [0.05, 0.1) is 0 Å². The van der Waals surface area contributed by atoms with Crippen LogP contribution in [-0.2, 0) is 6.42 Å². The average Bonchev–Trinajstić information content (AvgIpc) is 2.57. The summed E-state index contributed by atoms with van der Waals surface area (Å²) in [6.07, 6.45) is 2.65. The Bertz CT molecular complexity index is 556. The lowest BCUT2D eigenvalue weighted by atomic mass is 9.94. The summed E-state index contributed by atoms with van der Waals surface area (Å²) in [5.41, 5.74) is 3.09. The van der Waals surface area contributed by atoms with E-state index >= 15 is 0 Å². The monoisotopic (exact) mass is 263 g/mol. The molecule has 2 nitrogen and oxygen atoms in total. The molecule has 1 N–H and O–H groups in total. The van der Waals surface area contributed by atoms with Gasteiger partial charge >= 0.3 is 0 Å². The molecule has 0 bridgehead atoms. The van der Waals surface area contributed by atoms with Gasteiger partial charge in [-0.15, -0.1) is 0 Å². The number of carbonyl (C=O) groups is 1. The molecule has 0 saturated carbocycles. The molecule has 3 heteroatoms. The van der Waals surface area contributed by atoms with E-state index in [0.29, 0.717) is 6.42 Å². The summed E-state index contributed by atoms with van der Waals surface area (Å²) in [7, 11) is 0. The van der Waals surface area contributed by atoms with E-state index in [1.165, 1.54) is 0 Å². The molecule has 2 aromatic rings. The van der Waals surface area contributed by atoms with Crippen LogP contribution in [0.5, 0.6) is 0 Å². The molecule has 0 saturated heterocycles. The van der Waals surface area contributed by atoms with Crippen molar-refractivity contribution in [3.63, 3.8) is 0 Å². The van der Waals surface area contributed by atoms with Crippen molar-refractivity contribution < 1.29 is 4.79 Å². The first-order chi connectivity index (χ1) is 7.25. The Balaban J connectivity index is 2.38. The number of rotatable bonds is 0. The lowest BCUT2D eigenvalue weighted by molar-refractivity contribution is 0.0974. The molecule has 0 amide bonds. The number of aromatic amines is 1. The molecule has 0 atom stereocenters. The topological polar surface area (TPSA) is 32.9 Å². The van der Waals surface area contributed by atoms with Gasteiger partial charge in [-0.2, -0.15) is 0 Å². The molecule has 0 aliphatic heterocycles. The van der Waals surface area contributed by atoms with E-state index in [9.17, 15) is 4.79 Å². The van der Waals surface area contributed by atoms with Crippen molar-refractivity contribution in [1.82, 2.24) is 4.98 Å². The predicted molar refractivity (Wildman–Crippen MR) is 63.3 cm³/mol. The van der Waals surface area contributed by atoms with Gasteiger partial charge in [0.2, 0.25) is 0 Å². The maximum absolute atomic E-state index is 11.8. The Hall–Kier alpha value is -1.09. The third kappa shape index (κ3) is 1.34. The number of H-pyrrole nitrogens is 1. The number of ketones is 1. The van der Waals surface area contributed by atoms with Crippen LogP contribution in [0.1, 0.15) is 28.9 Å². The molecule has 3 rings (SSSR count). The summed E-state index contributed by atoms with van der Waals surface area (Å²) in [4.78, 5) is 15.2. The van der Waals surface area contributed by atoms with E-state index in [0.717, 1.165) is 39.5 Å². The number of nitrogens with one attached hydrogen (secondary N) is 1. The van der Waals surface area contributed by atoms with Gasteiger partial charge in [-0.25, -0.2) is 0 Å². The Morgan fingerprint density at radius 1 is 1.27 bits per heavy atom.